The van der Waals surface area contributed by atoms with Gasteiger partial charge in [0.25, 0.3) is 5.69 Å². The molecule has 1 aliphatic heterocycles. The number of hydrogen-bond donors (Lipinski definition) is 0. The molecule has 1 aliphatic carbocycles. The molecule has 0 N–H and O–H groups in total. The standard InChI is InChI=1S/C28H34N2O5/c1-19-14-20(2)17-29(16-19)25-13-12-24(15-26(25)30(33)34)28(32)35-18-27(31)23-10-8-22(9-11-23)21-6-4-3-5-7-21/h8-13,15,19-21H,3-7,14,16-18H2,1-2H3/t19-,20+. The van der Waals surface area contributed by atoms with Crippen molar-refractivity contribution in [1.29, 1.82) is 0 Å². The van der Waals surface area contributed by atoms with Crippen molar-refractivity contribution in [3.63, 3.8) is 0 Å². The Hall–Kier alpha value is -3.22. The summed E-state index contributed by atoms with van der Waals surface area (Å²) in [4.78, 5) is 38.5. The first kappa shape index (κ1) is 24.9. The topological polar surface area (TPSA) is 89.8 Å². The molecule has 2 aliphatic rings. The number of piperidine rings is 1. The van der Waals surface area contributed by atoms with Crippen LogP contribution in [0.5, 0.6) is 0 Å². The third-order valence-corrected chi connectivity index (χ3v) is 7.26. The van der Waals surface area contributed by atoms with Gasteiger partial charge >= 0.3 is 5.97 Å². The van der Waals surface area contributed by atoms with E-state index in [1.54, 1.807) is 18.2 Å². The van der Waals surface area contributed by atoms with E-state index in [4.69, 9.17) is 4.74 Å². The van der Waals surface area contributed by atoms with Gasteiger partial charge in [0.1, 0.15) is 5.69 Å². The number of benzene rings is 2. The minimum absolute atomic E-state index is 0.0685. The zero-order valence-electron chi connectivity index (χ0n) is 20.6. The zero-order chi connectivity index (χ0) is 24.9. The number of nitro groups is 1. The van der Waals surface area contributed by atoms with E-state index in [0.29, 0.717) is 29.0 Å². The molecule has 0 radical (unpaired) electrons. The largest absolute Gasteiger partial charge is 0.454 e. The summed E-state index contributed by atoms with van der Waals surface area (Å²) in [5.74, 6) is 0.389. The smallest absolute Gasteiger partial charge is 0.338 e. The van der Waals surface area contributed by atoms with Gasteiger partial charge < -0.3 is 9.64 Å². The fourth-order valence-electron chi connectivity index (χ4n) is 5.60. The van der Waals surface area contributed by atoms with E-state index in [-0.39, 0.29) is 17.0 Å². The molecule has 0 bridgehead atoms. The molecule has 186 valence electrons. The van der Waals surface area contributed by atoms with Crippen LogP contribution in [0.15, 0.2) is 42.5 Å². The third-order valence-electron chi connectivity index (χ3n) is 7.26. The Kier molecular flexibility index (Phi) is 7.83. The molecular formula is C28H34N2O5. The molecule has 7 nitrogen and oxygen atoms in total. The lowest BCUT2D eigenvalue weighted by Gasteiger charge is -2.36. The van der Waals surface area contributed by atoms with Crippen LogP contribution in [0, 0.1) is 22.0 Å². The van der Waals surface area contributed by atoms with Crippen molar-refractivity contribution in [2.45, 2.75) is 58.3 Å². The van der Waals surface area contributed by atoms with Crippen molar-refractivity contribution < 1.29 is 19.2 Å². The fraction of sp³-hybridized carbons (Fsp3) is 0.500. The van der Waals surface area contributed by atoms with E-state index in [2.05, 4.69) is 13.8 Å². The molecule has 1 heterocycles. The molecule has 1 saturated carbocycles. The monoisotopic (exact) mass is 478 g/mol. The number of carbonyl (C=O) groups excluding carboxylic acids is 2. The maximum absolute atomic E-state index is 12.6. The van der Waals surface area contributed by atoms with Crippen molar-refractivity contribution in [3.05, 3.63) is 69.3 Å². The highest BCUT2D eigenvalue weighted by atomic mass is 16.6. The normalized spacial score (nSPS) is 20.9. The summed E-state index contributed by atoms with van der Waals surface area (Å²) in [6, 6.07) is 12.0. The molecule has 2 aromatic rings. The molecule has 0 spiro atoms. The highest BCUT2D eigenvalue weighted by molar-refractivity contribution is 5.99. The molecule has 35 heavy (non-hydrogen) atoms. The summed E-state index contributed by atoms with van der Waals surface area (Å²) < 4.78 is 5.22. The lowest BCUT2D eigenvalue weighted by atomic mass is 9.84. The first-order chi connectivity index (χ1) is 16.8. The minimum atomic E-state index is -0.743. The molecule has 1 saturated heterocycles. The van der Waals surface area contributed by atoms with Gasteiger partial charge in [-0.3, -0.25) is 14.9 Å². The first-order valence-corrected chi connectivity index (χ1v) is 12.7. The molecule has 0 amide bonds. The van der Waals surface area contributed by atoms with Gasteiger partial charge in [0, 0.05) is 24.7 Å². The summed E-state index contributed by atoms with van der Waals surface area (Å²) in [5.41, 5.74) is 2.21. The lowest BCUT2D eigenvalue weighted by molar-refractivity contribution is -0.384. The summed E-state index contributed by atoms with van der Waals surface area (Å²) >= 11 is 0. The van der Waals surface area contributed by atoms with Crippen molar-refractivity contribution in [2.75, 3.05) is 24.6 Å². The Bertz CT molecular complexity index is 1070. The second-order valence-electron chi connectivity index (χ2n) is 10.3. The third kappa shape index (κ3) is 6.08. The number of Topliss-reactive ketones (excluding diaryl/α,β-unsaturated/α-hetero) is 1. The first-order valence-electron chi connectivity index (χ1n) is 12.7. The summed E-state index contributed by atoms with van der Waals surface area (Å²) in [6.45, 7) is 5.35. The number of rotatable bonds is 7. The van der Waals surface area contributed by atoms with Gasteiger partial charge in [-0.2, -0.15) is 0 Å². The molecule has 0 aromatic heterocycles. The lowest BCUT2D eigenvalue weighted by Crippen LogP contribution is -2.39. The molecule has 2 atom stereocenters. The Balaban J connectivity index is 1.39. The molecule has 7 heteroatoms. The van der Waals surface area contributed by atoms with Crippen LogP contribution in [0.2, 0.25) is 0 Å². The summed E-state index contributed by atoms with van der Waals surface area (Å²) in [7, 11) is 0. The Morgan fingerprint density at radius 3 is 2.23 bits per heavy atom. The number of ether oxygens (including phenoxy) is 1. The number of hydrogen-bond acceptors (Lipinski definition) is 6. The van der Waals surface area contributed by atoms with Crippen LogP contribution in [0.25, 0.3) is 0 Å². The van der Waals surface area contributed by atoms with E-state index in [1.807, 2.05) is 17.0 Å². The van der Waals surface area contributed by atoms with Crippen LogP contribution in [0.1, 0.15) is 84.6 Å². The Morgan fingerprint density at radius 1 is 0.971 bits per heavy atom. The number of esters is 1. The van der Waals surface area contributed by atoms with Crippen molar-refractivity contribution in [1.82, 2.24) is 0 Å². The summed E-state index contributed by atoms with van der Waals surface area (Å²) in [6.07, 6.45) is 7.25. The fourth-order valence-corrected chi connectivity index (χ4v) is 5.60. The van der Waals surface area contributed by atoms with Gasteiger partial charge in [-0.05, 0) is 54.7 Å². The van der Waals surface area contributed by atoms with Crippen LogP contribution in [-0.4, -0.2) is 36.4 Å². The van der Waals surface area contributed by atoms with E-state index >= 15 is 0 Å². The maximum Gasteiger partial charge on any atom is 0.338 e. The number of carbonyl (C=O) groups is 2. The van der Waals surface area contributed by atoms with Gasteiger partial charge in [0.05, 0.1) is 10.5 Å². The highest BCUT2D eigenvalue weighted by Crippen LogP contribution is 2.34. The van der Waals surface area contributed by atoms with E-state index in [0.717, 1.165) is 19.5 Å². The van der Waals surface area contributed by atoms with Crippen LogP contribution in [0.3, 0.4) is 0 Å². The number of ketones is 1. The second kappa shape index (κ2) is 11.0. The number of anilines is 1. The van der Waals surface area contributed by atoms with Gasteiger partial charge in [0.2, 0.25) is 0 Å². The molecule has 4 rings (SSSR count). The van der Waals surface area contributed by atoms with Crippen LogP contribution in [-0.2, 0) is 4.74 Å². The van der Waals surface area contributed by atoms with Gasteiger partial charge in [-0.25, -0.2) is 4.79 Å². The van der Waals surface area contributed by atoms with E-state index in [9.17, 15) is 19.7 Å². The predicted molar refractivity (Wildman–Crippen MR) is 135 cm³/mol. The zero-order valence-corrected chi connectivity index (χ0v) is 20.6. The van der Waals surface area contributed by atoms with Crippen LogP contribution < -0.4 is 4.90 Å². The van der Waals surface area contributed by atoms with E-state index in [1.165, 1.54) is 49.8 Å². The SMILES string of the molecule is C[C@@H]1C[C@H](C)CN(c2ccc(C(=O)OCC(=O)c3ccc(C4CCCCC4)cc3)cc2[N+](=O)[O-])C1. The molecule has 0 unspecified atom stereocenters. The van der Waals surface area contributed by atoms with Gasteiger partial charge in [0.15, 0.2) is 12.4 Å². The van der Waals surface area contributed by atoms with E-state index < -0.39 is 17.5 Å². The minimum Gasteiger partial charge on any atom is -0.454 e. The van der Waals surface area contributed by atoms with Crippen molar-refractivity contribution >= 4 is 23.1 Å². The van der Waals surface area contributed by atoms with Crippen LogP contribution >= 0.6 is 0 Å². The summed E-state index contributed by atoms with van der Waals surface area (Å²) in [5, 5.41) is 11.8. The number of nitrogens with zero attached hydrogens (tertiary/aromatic N) is 2. The maximum atomic E-state index is 12.6. The molecular weight excluding hydrogens is 444 g/mol. The van der Waals surface area contributed by atoms with Gasteiger partial charge in [-0.1, -0.05) is 57.4 Å². The van der Waals surface area contributed by atoms with Crippen LogP contribution in [0.4, 0.5) is 11.4 Å². The Morgan fingerprint density at radius 2 is 1.60 bits per heavy atom. The highest BCUT2D eigenvalue weighted by Gasteiger charge is 2.28. The van der Waals surface area contributed by atoms with Crippen molar-refractivity contribution in [3.8, 4) is 0 Å². The van der Waals surface area contributed by atoms with Gasteiger partial charge in [-0.15, -0.1) is 0 Å². The predicted octanol–water partition coefficient (Wildman–Crippen LogP) is 6.16. The quantitative estimate of drug-likeness (QED) is 0.205. The van der Waals surface area contributed by atoms with Crippen molar-refractivity contribution in [2.24, 2.45) is 11.8 Å². The average Bonchev–Trinajstić information content (AvgIpc) is 2.86. The average molecular weight is 479 g/mol. The molecule has 2 fully saturated rings. The Labute approximate surface area is 206 Å². The second-order valence-corrected chi connectivity index (χ2v) is 10.3. The number of nitro benzene ring substituents is 1. The molecule has 2 aromatic carbocycles.